The van der Waals surface area contributed by atoms with E-state index in [1.54, 1.807) is 0 Å². The van der Waals surface area contributed by atoms with Crippen molar-refractivity contribution in [2.45, 2.75) is 38.5 Å². The lowest BCUT2D eigenvalue weighted by molar-refractivity contribution is 0.0453. The van der Waals surface area contributed by atoms with E-state index in [2.05, 4.69) is 0 Å². The van der Waals surface area contributed by atoms with Gasteiger partial charge in [-0.2, -0.15) is 8.42 Å². The van der Waals surface area contributed by atoms with E-state index in [1.807, 2.05) is 0 Å². The number of ether oxygens (including phenoxy) is 2. The molecule has 0 atom stereocenters. The first-order chi connectivity index (χ1) is 9.06. The highest BCUT2D eigenvalue weighted by atomic mass is 35.5. The smallest absolute Gasteiger partial charge is 0.264 e. The molecule has 0 unspecified atom stereocenters. The van der Waals surface area contributed by atoms with Crippen LogP contribution < -0.4 is 0 Å². The fourth-order valence-electron chi connectivity index (χ4n) is 1.46. The predicted octanol–water partition coefficient (Wildman–Crippen LogP) is 2.49. The molecular weight excluding hydrogens is 292 g/mol. The molecule has 0 spiro atoms. The lowest BCUT2D eigenvalue weighted by atomic mass is 10.2. The highest BCUT2D eigenvalue weighted by Crippen LogP contribution is 2.01. The van der Waals surface area contributed by atoms with E-state index >= 15 is 0 Å². The summed E-state index contributed by atoms with van der Waals surface area (Å²) in [6.07, 6.45) is 5.44. The topological polar surface area (TPSA) is 72.8 Å². The van der Waals surface area contributed by atoms with E-state index in [4.69, 9.17) is 25.6 Å². The van der Waals surface area contributed by atoms with Crippen LogP contribution in [0.25, 0.3) is 0 Å². The summed E-state index contributed by atoms with van der Waals surface area (Å²) in [5.74, 6) is 0.529. The molecule has 5 nitrogen and oxygen atoms in total. The SMILES string of the molecule is O=S(=O)(O)CCCCOCCOCCCCCCCl. The Morgan fingerprint density at radius 1 is 0.789 bits per heavy atom. The first kappa shape index (κ1) is 19.1. The molecule has 0 aromatic carbocycles. The summed E-state index contributed by atoms with van der Waals surface area (Å²) >= 11 is 5.56. The first-order valence-electron chi connectivity index (χ1n) is 6.73. The van der Waals surface area contributed by atoms with Crippen LogP contribution in [-0.4, -0.2) is 51.0 Å². The Bertz CT molecular complexity index is 282. The Balaban J connectivity index is 3.03. The van der Waals surface area contributed by atoms with Crippen molar-refractivity contribution in [3.05, 3.63) is 0 Å². The second kappa shape index (κ2) is 13.1. The summed E-state index contributed by atoms with van der Waals surface area (Å²) in [6, 6.07) is 0. The van der Waals surface area contributed by atoms with Crippen LogP contribution >= 0.6 is 11.6 Å². The second-order valence-corrected chi connectivity index (χ2v) is 6.27. The van der Waals surface area contributed by atoms with Gasteiger partial charge in [0.1, 0.15) is 0 Å². The fourth-order valence-corrected chi connectivity index (χ4v) is 2.22. The minimum Gasteiger partial charge on any atom is -0.379 e. The zero-order chi connectivity index (χ0) is 14.4. The molecule has 19 heavy (non-hydrogen) atoms. The maximum absolute atomic E-state index is 10.4. The molecule has 116 valence electrons. The van der Waals surface area contributed by atoms with Crippen molar-refractivity contribution in [1.29, 1.82) is 0 Å². The monoisotopic (exact) mass is 316 g/mol. The molecule has 0 bridgehead atoms. The lowest BCUT2D eigenvalue weighted by Crippen LogP contribution is -2.08. The molecule has 0 aliphatic carbocycles. The third kappa shape index (κ3) is 18.1. The minimum atomic E-state index is -3.83. The fraction of sp³-hybridized carbons (Fsp3) is 1.00. The summed E-state index contributed by atoms with van der Waals surface area (Å²) in [5, 5.41) is 0. The summed E-state index contributed by atoms with van der Waals surface area (Å²) in [7, 11) is -3.83. The van der Waals surface area contributed by atoms with Gasteiger partial charge in [-0.15, -0.1) is 11.6 Å². The van der Waals surface area contributed by atoms with Gasteiger partial charge in [0.25, 0.3) is 10.1 Å². The summed E-state index contributed by atoms with van der Waals surface area (Å²) in [6.45, 7) is 2.32. The van der Waals surface area contributed by atoms with Gasteiger partial charge in [0.05, 0.1) is 19.0 Å². The Hall–Kier alpha value is 0.120. The predicted molar refractivity (Wildman–Crippen MR) is 76.5 cm³/mol. The number of hydrogen-bond donors (Lipinski definition) is 1. The maximum atomic E-state index is 10.4. The van der Waals surface area contributed by atoms with Crippen molar-refractivity contribution in [2.24, 2.45) is 0 Å². The molecule has 0 saturated heterocycles. The molecule has 0 radical (unpaired) electrons. The highest BCUT2D eigenvalue weighted by Gasteiger charge is 2.02. The molecule has 0 amide bonds. The van der Waals surface area contributed by atoms with Crippen molar-refractivity contribution in [3.8, 4) is 0 Å². The van der Waals surface area contributed by atoms with Gasteiger partial charge in [-0.1, -0.05) is 12.8 Å². The van der Waals surface area contributed by atoms with Crippen LogP contribution in [0, 0.1) is 0 Å². The average molecular weight is 317 g/mol. The van der Waals surface area contributed by atoms with Crippen LogP contribution in [0.4, 0.5) is 0 Å². The molecular formula is C12H25ClO5S. The molecule has 0 aromatic rings. The van der Waals surface area contributed by atoms with E-state index in [1.165, 1.54) is 0 Å². The number of hydrogen-bond acceptors (Lipinski definition) is 4. The summed E-state index contributed by atoms with van der Waals surface area (Å²) in [5.41, 5.74) is 0. The van der Waals surface area contributed by atoms with Gasteiger partial charge in [-0.25, -0.2) is 0 Å². The van der Waals surface area contributed by atoms with E-state index in [-0.39, 0.29) is 5.75 Å². The van der Waals surface area contributed by atoms with Crippen molar-refractivity contribution < 1.29 is 22.4 Å². The van der Waals surface area contributed by atoms with Crippen LogP contribution in [0.2, 0.25) is 0 Å². The van der Waals surface area contributed by atoms with E-state index < -0.39 is 10.1 Å². The van der Waals surface area contributed by atoms with E-state index in [0.29, 0.717) is 32.7 Å². The van der Waals surface area contributed by atoms with Gasteiger partial charge in [0, 0.05) is 19.1 Å². The lowest BCUT2D eigenvalue weighted by Gasteiger charge is -2.05. The summed E-state index contributed by atoms with van der Waals surface area (Å²) in [4.78, 5) is 0. The van der Waals surface area contributed by atoms with Gasteiger partial charge >= 0.3 is 0 Å². The number of alkyl halides is 1. The molecule has 0 heterocycles. The van der Waals surface area contributed by atoms with Gasteiger partial charge in [0.2, 0.25) is 0 Å². The van der Waals surface area contributed by atoms with E-state index in [9.17, 15) is 8.42 Å². The van der Waals surface area contributed by atoms with Gasteiger partial charge in [0.15, 0.2) is 0 Å². The van der Waals surface area contributed by atoms with Crippen molar-refractivity contribution in [1.82, 2.24) is 0 Å². The van der Waals surface area contributed by atoms with E-state index in [0.717, 1.165) is 38.2 Å². The molecule has 0 aliphatic heterocycles. The number of halogens is 1. The van der Waals surface area contributed by atoms with Crippen LogP contribution in [-0.2, 0) is 19.6 Å². The largest absolute Gasteiger partial charge is 0.379 e. The molecule has 0 aliphatic rings. The standard InChI is InChI=1S/C12H25ClO5S/c13-7-3-1-2-4-8-17-10-11-18-9-5-6-12-19(14,15)16/h1-12H2,(H,14,15,16). The maximum Gasteiger partial charge on any atom is 0.264 e. The molecule has 0 fully saturated rings. The van der Waals surface area contributed by atoms with Gasteiger partial charge < -0.3 is 9.47 Å². The van der Waals surface area contributed by atoms with Crippen LogP contribution in [0.3, 0.4) is 0 Å². The Morgan fingerprint density at radius 2 is 1.32 bits per heavy atom. The highest BCUT2D eigenvalue weighted by molar-refractivity contribution is 7.85. The molecule has 7 heteroatoms. The minimum absolute atomic E-state index is 0.199. The second-order valence-electron chi connectivity index (χ2n) is 4.32. The van der Waals surface area contributed by atoms with Crippen LogP contribution in [0.5, 0.6) is 0 Å². The number of rotatable bonds is 14. The van der Waals surface area contributed by atoms with Gasteiger partial charge in [-0.05, 0) is 25.7 Å². The molecule has 0 aromatic heterocycles. The average Bonchev–Trinajstić information content (AvgIpc) is 2.34. The van der Waals surface area contributed by atoms with Crippen LogP contribution in [0.15, 0.2) is 0 Å². The Kier molecular flexibility index (Phi) is 13.2. The van der Waals surface area contributed by atoms with Gasteiger partial charge in [-0.3, -0.25) is 4.55 Å². The third-order valence-electron chi connectivity index (χ3n) is 2.49. The normalized spacial score (nSPS) is 11.9. The zero-order valence-corrected chi connectivity index (χ0v) is 12.9. The number of unbranched alkanes of at least 4 members (excludes halogenated alkanes) is 4. The third-order valence-corrected chi connectivity index (χ3v) is 3.56. The first-order valence-corrected chi connectivity index (χ1v) is 8.87. The van der Waals surface area contributed by atoms with Crippen LogP contribution in [0.1, 0.15) is 38.5 Å². The van der Waals surface area contributed by atoms with Crippen molar-refractivity contribution >= 4 is 21.7 Å². The summed E-state index contributed by atoms with van der Waals surface area (Å²) < 4.78 is 40.0. The Labute approximate surface area is 121 Å². The Morgan fingerprint density at radius 3 is 1.84 bits per heavy atom. The zero-order valence-electron chi connectivity index (χ0n) is 11.4. The quantitative estimate of drug-likeness (QED) is 0.303. The molecule has 0 saturated carbocycles. The van der Waals surface area contributed by atoms with Crippen molar-refractivity contribution in [2.75, 3.05) is 38.1 Å². The molecule has 1 N–H and O–H groups in total. The molecule has 0 rings (SSSR count). The van der Waals surface area contributed by atoms with Crippen molar-refractivity contribution in [3.63, 3.8) is 0 Å².